The maximum Gasteiger partial charge on any atom is 0.429 e. The standard InChI is InChI=1S/C36H38F3N7O5/c1-3-50-31(47)10-7-23-5-4-6-24(17-23)25-8-9-28(46-14-11-22(2)44-46)26(18-25)32(36(37,38)39)51-30-19-29(42-34(40)43-30)45-15-12-35(13-16-45)20-27(33(48)49)41-21-35/h4-11,14,17-19,27,32,41H,3,12-13,15-16,20-21H2,1-2H3,(H,48,49)(H2,40,42,43)/b10-7+/t27?,32-/m1/s1. The van der Waals surface area contributed by atoms with E-state index in [9.17, 15) is 14.7 Å². The van der Waals surface area contributed by atoms with Gasteiger partial charge in [0.25, 0.3) is 0 Å². The summed E-state index contributed by atoms with van der Waals surface area (Å²) in [4.78, 5) is 33.6. The Morgan fingerprint density at radius 2 is 1.88 bits per heavy atom. The summed E-state index contributed by atoms with van der Waals surface area (Å²) in [6.45, 7) is 5.26. The lowest BCUT2D eigenvalue weighted by atomic mass is 9.76. The monoisotopic (exact) mass is 705 g/mol. The van der Waals surface area contributed by atoms with Gasteiger partial charge in [-0.2, -0.15) is 28.2 Å². The lowest BCUT2D eigenvalue weighted by molar-refractivity contribution is -0.198. The topological polar surface area (TPSA) is 158 Å². The van der Waals surface area contributed by atoms with Crippen molar-refractivity contribution in [3.05, 3.63) is 83.7 Å². The highest BCUT2D eigenvalue weighted by molar-refractivity contribution is 5.87. The Kier molecular flexibility index (Phi) is 10.0. The number of carboxylic acids is 1. The lowest BCUT2D eigenvalue weighted by Gasteiger charge is -2.39. The number of carbonyl (C=O) groups excluding carboxylic acids is 1. The van der Waals surface area contributed by atoms with E-state index in [1.165, 1.54) is 22.9 Å². The molecule has 4 aromatic rings. The highest BCUT2D eigenvalue weighted by Gasteiger charge is 2.46. The third kappa shape index (κ3) is 8.14. The number of aromatic nitrogens is 4. The van der Waals surface area contributed by atoms with Gasteiger partial charge in [0.2, 0.25) is 17.9 Å². The summed E-state index contributed by atoms with van der Waals surface area (Å²) in [5, 5.41) is 16.9. The van der Waals surface area contributed by atoms with Gasteiger partial charge < -0.3 is 30.5 Å². The highest BCUT2D eigenvalue weighted by atomic mass is 19.4. The van der Waals surface area contributed by atoms with Crippen LogP contribution in [0.1, 0.15) is 49.1 Å². The maximum atomic E-state index is 15.1. The Balaban J connectivity index is 1.32. The molecule has 1 spiro atoms. The minimum Gasteiger partial charge on any atom is -0.480 e. The van der Waals surface area contributed by atoms with Crippen molar-refractivity contribution in [2.24, 2.45) is 5.41 Å². The van der Waals surface area contributed by atoms with Crippen LogP contribution in [0.5, 0.6) is 5.88 Å². The Labute approximate surface area is 292 Å². The second-order valence-electron chi connectivity index (χ2n) is 12.8. The van der Waals surface area contributed by atoms with Gasteiger partial charge in [0.05, 0.1) is 18.0 Å². The predicted molar refractivity (Wildman–Crippen MR) is 183 cm³/mol. The zero-order valence-corrected chi connectivity index (χ0v) is 28.1. The van der Waals surface area contributed by atoms with Crippen molar-refractivity contribution in [1.82, 2.24) is 25.1 Å². The zero-order chi connectivity index (χ0) is 36.3. The number of nitrogens with zero attached hydrogens (tertiary/aromatic N) is 5. The molecule has 1 unspecified atom stereocenters. The average Bonchev–Trinajstić information content (AvgIpc) is 3.72. The van der Waals surface area contributed by atoms with Crippen molar-refractivity contribution in [3.8, 4) is 22.7 Å². The van der Waals surface area contributed by atoms with E-state index in [1.54, 1.807) is 68.6 Å². The molecule has 51 heavy (non-hydrogen) atoms. The number of halogens is 3. The summed E-state index contributed by atoms with van der Waals surface area (Å²) in [6, 6.07) is 14.1. The summed E-state index contributed by atoms with van der Waals surface area (Å²) in [7, 11) is 0. The molecule has 2 saturated heterocycles. The van der Waals surface area contributed by atoms with Crippen molar-refractivity contribution in [3.63, 3.8) is 0 Å². The first kappa shape index (κ1) is 35.4. The lowest BCUT2D eigenvalue weighted by Crippen LogP contribution is -2.41. The maximum absolute atomic E-state index is 15.1. The molecule has 268 valence electrons. The molecule has 2 aromatic carbocycles. The molecule has 2 atom stereocenters. The number of aliphatic carboxylic acids is 1. The largest absolute Gasteiger partial charge is 0.480 e. The van der Waals surface area contributed by atoms with E-state index in [4.69, 9.17) is 15.2 Å². The second kappa shape index (κ2) is 14.4. The number of alkyl halides is 3. The van der Waals surface area contributed by atoms with Crippen molar-refractivity contribution < 1.29 is 37.3 Å². The number of rotatable bonds is 10. The van der Waals surface area contributed by atoms with E-state index in [0.29, 0.717) is 67.1 Å². The first-order chi connectivity index (χ1) is 24.3. The molecule has 2 aromatic heterocycles. The van der Waals surface area contributed by atoms with Crippen LogP contribution in [0.3, 0.4) is 0 Å². The molecule has 0 bridgehead atoms. The van der Waals surface area contributed by atoms with Gasteiger partial charge in [0.1, 0.15) is 11.9 Å². The molecule has 0 radical (unpaired) electrons. The molecule has 4 heterocycles. The number of hydrogen-bond donors (Lipinski definition) is 3. The number of aryl methyl sites for hydroxylation is 1. The first-order valence-corrected chi connectivity index (χ1v) is 16.5. The number of anilines is 2. The van der Waals surface area contributed by atoms with Crippen molar-refractivity contribution in [1.29, 1.82) is 0 Å². The van der Waals surface area contributed by atoms with Gasteiger partial charge in [-0.1, -0.05) is 24.3 Å². The van der Waals surface area contributed by atoms with Crippen LogP contribution in [0.4, 0.5) is 24.9 Å². The number of nitrogens with one attached hydrogen (secondary N) is 1. The summed E-state index contributed by atoms with van der Waals surface area (Å²) in [5.74, 6) is -1.67. The number of hydrogen-bond acceptors (Lipinski definition) is 10. The molecule has 6 rings (SSSR count). The fourth-order valence-electron chi connectivity index (χ4n) is 6.64. The molecule has 2 aliphatic rings. The van der Waals surface area contributed by atoms with Crippen LogP contribution in [0.2, 0.25) is 0 Å². The van der Waals surface area contributed by atoms with Gasteiger partial charge in [0, 0.05) is 43.5 Å². The van der Waals surface area contributed by atoms with Crippen LogP contribution < -0.4 is 20.7 Å². The Bertz CT molecular complexity index is 1940. The number of benzene rings is 2. The Hall–Kier alpha value is -5.44. The molecule has 2 aliphatic heterocycles. The Morgan fingerprint density at radius 3 is 2.55 bits per heavy atom. The molecule has 0 amide bonds. The molecule has 0 aliphatic carbocycles. The molecule has 4 N–H and O–H groups in total. The van der Waals surface area contributed by atoms with E-state index in [1.807, 2.05) is 4.90 Å². The highest BCUT2D eigenvalue weighted by Crippen LogP contribution is 2.43. The summed E-state index contributed by atoms with van der Waals surface area (Å²) in [5.41, 5.74) is 8.12. The molecular weight excluding hydrogens is 667 g/mol. The van der Waals surface area contributed by atoms with E-state index >= 15 is 13.2 Å². The number of esters is 1. The van der Waals surface area contributed by atoms with E-state index in [0.717, 1.165) is 0 Å². The molecule has 15 heteroatoms. The minimum atomic E-state index is -4.90. The van der Waals surface area contributed by atoms with E-state index < -0.39 is 30.3 Å². The van der Waals surface area contributed by atoms with Crippen LogP contribution in [-0.4, -0.2) is 75.3 Å². The third-order valence-electron chi connectivity index (χ3n) is 9.25. The van der Waals surface area contributed by atoms with Gasteiger partial charge in [-0.3, -0.25) is 4.79 Å². The number of carbonyl (C=O) groups is 2. The van der Waals surface area contributed by atoms with Crippen LogP contribution >= 0.6 is 0 Å². The second-order valence-corrected chi connectivity index (χ2v) is 12.8. The summed E-state index contributed by atoms with van der Waals surface area (Å²) < 4.78 is 57.3. The Morgan fingerprint density at radius 1 is 1.12 bits per heavy atom. The fourth-order valence-corrected chi connectivity index (χ4v) is 6.64. The predicted octanol–water partition coefficient (Wildman–Crippen LogP) is 5.51. The molecule has 2 fully saturated rings. The number of carboxylic acid groups (broad SMARTS) is 1. The average molecular weight is 706 g/mol. The number of nitrogen functional groups attached to an aromatic ring is 1. The first-order valence-electron chi connectivity index (χ1n) is 16.5. The smallest absolute Gasteiger partial charge is 0.429 e. The summed E-state index contributed by atoms with van der Waals surface area (Å²) in [6.07, 6.45) is -1.08. The zero-order valence-electron chi connectivity index (χ0n) is 28.1. The number of ether oxygens (including phenoxy) is 2. The molecular formula is C36H38F3N7O5. The summed E-state index contributed by atoms with van der Waals surface area (Å²) >= 11 is 0. The van der Waals surface area contributed by atoms with Gasteiger partial charge >= 0.3 is 18.1 Å². The SMILES string of the molecule is CCOC(=O)/C=C/c1cccc(-c2ccc(-n3ccc(C)n3)c([C@@H](Oc3cc(N4CCC5(CC4)CNC(C(=O)O)C5)nc(N)n3)C(F)(F)F)c2)c1. The van der Waals surface area contributed by atoms with Crippen LogP contribution in [-0.2, 0) is 14.3 Å². The van der Waals surface area contributed by atoms with Gasteiger partial charge in [-0.15, -0.1) is 0 Å². The number of piperidine rings is 1. The van der Waals surface area contributed by atoms with E-state index in [2.05, 4.69) is 20.4 Å². The molecule has 0 saturated carbocycles. The normalized spacial score (nSPS) is 17.9. The van der Waals surface area contributed by atoms with Crippen molar-refractivity contribution in [2.75, 3.05) is 36.9 Å². The van der Waals surface area contributed by atoms with Crippen LogP contribution in [0, 0.1) is 12.3 Å². The van der Waals surface area contributed by atoms with Gasteiger partial charge in [-0.25, -0.2) is 9.48 Å². The fraction of sp³-hybridized carbons (Fsp3) is 0.361. The van der Waals surface area contributed by atoms with E-state index in [-0.39, 0.29) is 35.1 Å². The minimum absolute atomic E-state index is 0.154. The van der Waals surface area contributed by atoms with Crippen molar-refractivity contribution in [2.45, 2.75) is 51.4 Å². The molecule has 12 nitrogen and oxygen atoms in total. The number of nitrogens with two attached hydrogens (primary N) is 1. The van der Waals surface area contributed by atoms with Crippen molar-refractivity contribution >= 4 is 29.8 Å². The van der Waals surface area contributed by atoms with Crippen LogP contribution in [0.25, 0.3) is 22.9 Å². The van der Waals surface area contributed by atoms with Crippen LogP contribution in [0.15, 0.2) is 66.9 Å². The van der Waals surface area contributed by atoms with Gasteiger partial charge in [-0.05, 0) is 85.6 Å². The quantitative estimate of drug-likeness (QED) is 0.141. The third-order valence-corrected chi connectivity index (χ3v) is 9.25. The van der Waals surface area contributed by atoms with Gasteiger partial charge in [0.15, 0.2) is 0 Å².